The molecule has 0 aromatic carbocycles. The van der Waals surface area contributed by atoms with E-state index < -0.39 is 12.1 Å². The van der Waals surface area contributed by atoms with Crippen LogP contribution < -0.4 is 29.6 Å². The topological polar surface area (TPSA) is 57.5 Å². The second kappa shape index (κ2) is 18.3. The van der Waals surface area contributed by atoms with E-state index in [9.17, 15) is 4.79 Å². The van der Waals surface area contributed by atoms with Gasteiger partial charge in [0.2, 0.25) is 0 Å². The quantitative estimate of drug-likeness (QED) is 0.408. The normalized spacial score (nSPS) is 9.54. The van der Waals surface area contributed by atoms with Crippen LogP contribution in [0.1, 0.15) is 33.1 Å². The standard InChI is InChI=1S/C5H11.C3H6O3.B.Na/c1-3-5-4-2;1-2(4)3(5)6;;/h1,3-5H2,2H3;2,4H,1H3,(H,5,6);;/q-1;;;+1. The van der Waals surface area contributed by atoms with E-state index in [-0.39, 0.29) is 38.0 Å². The SMILES string of the molecule is CC(O)C(=O)O.[B].[CH2-]CCCC.[Na+]. The zero-order chi connectivity index (χ0) is 9.28. The molecule has 71 valence electrons. The van der Waals surface area contributed by atoms with Crippen LogP contribution in [0.15, 0.2) is 0 Å². The number of unbranched alkanes of at least 4 members (excludes halogenated alkanes) is 2. The number of carbonyl (C=O) groups is 1. The summed E-state index contributed by atoms with van der Waals surface area (Å²) in [6, 6.07) is 0. The molecule has 0 saturated carbocycles. The number of hydrogen-bond donors (Lipinski definition) is 2. The number of hydrogen-bond acceptors (Lipinski definition) is 2. The van der Waals surface area contributed by atoms with Gasteiger partial charge in [-0.1, -0.05) is 19.8 Å². The Bertz CT molecular complexity index is 97.4. The van der Waals surface area contributed by atoms with Crippen molar-refractivity contribution in [3.63, 3.8) is 0 Å². The van der Waals surface area contributed by atoms with E-state index in [0.717, 1.165) is 6.42 Å². The predicted octanol–water partition coefficient (Wildman–Crippen LogP) is -1.91. The zero-order valence-electron chi connectivity index (χ0n) is 8.79. The van der Waals surface area contributed by atoms with E-state index in [2.05, 4.69) is 13.8 Å². The van der Waals surface area contributed by atoms with Gasteiger partial charge < -0.3 is 17.1 Å². The van der Waals surface area contributed by atoms with Gasteiger partial charge >= 0.3 is 35.5 Å². The Morgan fingerprint density at radius 3 is 1.85 bits per heavy atom. The van der Waals surface area contributed by atoms with Crippen molar-refractivity contribution in [3.05, 3.63) is 6.92 Å². The summed E-state index contributed by atoms with van der Waals surface area (Å²) in [7, 11) is 0. The fourth-order valence-corrected chi connectivity index (χ4v) is 0.250. The zero-order valence-corrected chi connectivity index (χ0v) is 10.8. The molecule has 5 heteroatoms. The van der Waals surface area contributed by atoms with Gasteiger partial charge in [0, 0.05) is 8.41 Å². The van der Waals surface area contributed by atoms with E-state index in [1.165, 1.54) is 19.8 Å². The molecular formula is C8H17BNaO3. The van der Waals surface area contributed by atoms with Crippen LogP contribution in [0.4, 0.5) is 0 Å². The van der Waals surface area contributed by atoms with E-state index in [1.807, 2.05) is 0 Å². The third kappa shape index (κ3) is 32.6. The van der Waals surface area contributed by atoms with E-state index in [4.69, 9.17) is 10.2 Å². The molecule has 0 rings (SSSR count). The molecule has 13 heavy (non-hydrogen) atoms. The van der Waals surface area contributed by atoms with Gasteiger partial charge in [0.15, 0.2) is 0 Å². The second-order valence-corrected chi connectivity index (χ2v) is 2.22. The molecule has 0 heterocycles. The third-order valence-electron chi connectivity index (χ3n) is 0.961. The summed E-state index contributed by atoms with van der Waals surface area (Å²) in [5.74, 6) is -1.19. The molecule has 0 aliphatic carbocycles. The van der Waals surface area contributed by atoms with Crippen LogP contribution in [-0.4, -0.2) is 30.7 Å². The molecule has 3 radical (unpaired) electrons. The van der Waals surface area contributed by atoms with Crippen LogP contribution in [-0.2, 0) is 4.79 Å². The first kappa shape index (κ1) is 23.4. The minimum atomic E-state index is -1.23. The van der Waals surface area contributed by atoms with Gasteiger partial charge in [0.25, 0.3) is 0 Å². The molecule has 0 bridgehead atoms. The Morgan fingerprint density at radius 2 is 1.85 bits per heavy atom. The smallest absolute Gasteiger partial charge is 0.479 e. The third-order valence-corrected chi connectivity index (χ3v) is 0.961. The van der Waals surface area contributed by atoms with Crippen molar-refractivity contribution in [2.24, 2.45) is 0 Å². The summed E-state index contributed by atoms with van der Waals surface area (Å²) in [6.07, 6.45) is 2.42. The van der Waals surface area contributed by atoms with Crippen LogP contribution in [0.3, 0.4) is 0 Å². The van der Waals surface area contributed by atoms with Gasteiger partial charge in [0.1, 0.15) is 6.10 Å². The van der Waals surface area contributed by atoms with Gasteiger partial charge in [-0.2, -0.15) is 6.42 Å². The molecule has 0 fully saturated rings. The van der Waals surface area contributed by atoms with Crippen molar-refractivity contribution in [2.75, 3.05) is 0 Å². The van der Waals surface area contributed by atoms with Gasteiger partial charge in [-0.3, -0.25) is 0 Å². The van der Waals surface area contributed by atoms with E-state index in [1.54, 1.807) is 0 Å². The van der Waals surface area contributed by atoms with Crippen LogP contribution in [0.2, 0.25) is 0 Å². The maximum atomic E-state index is 9.45. The van der Waals surface area contributed by atoms with Crippen LogP contribution in [0.5, 0.6) is 0 Å². The van der Waals surface area contributed by atoms with Crippen LogP contribution >= 0.6 is 0 Å². The summed E-state index contributed by atoms with van der Waals surface area (Å²) in [5.41, 5.74) is 0. The fourth-order valence-electron chi connectivity index (χ4n) is 0.250. The van der Waals surface area contributed by atoms with E-state index in [0.29, 0.717) is 0 Å². The molecule has 3 nitrogen and oxygen atoms in total. The van der Waals surface area contributed by atoms with Gasteiger partial charge in [0.05, 0.1) is 0 Å². The largest absolute Gasteiger partial charge is 1.00 e. The first-order valence-electron chi connectivity index (χ1n) is 3.76. The molecule has 1 atom stereocenters. The average Bonchev–Trinajstić information content (AvgIpc) is 1.90. The molecule has 0 spiro atoms. The van der Waals surface area contributed by atoms with E-state index >= 15 is 0 Å². The number of aliphatic hydroxyl groups excluding tert-OH is 1. The molecule has 0 aliphatic heterocycles. The van der Waals surface area contributed by atoms with Crippen molar-refractivity contribution >= 4 is 14.4 Å². The average molecular weight is 195 g/mol. The summed E-state index contributed by atoms with van der Waals surface area (Å²) < 4.78 is 0. The van der Waals surface area contributed by atoms with Crippen molar-refractivity contribution < 1.29 is 44.6 Å². The molecule has 0 aliphatic rings. The van der Waals surface area contributed by atoms with Gasteiger partial charge in [-0.05, 0) is 6.92 Å². The summed E-state index contributed by atoms with van der Waals surface area (Å²) in [5, 5.41) is 15.8. The minimum absolute atomic E-state index is 0. The maximum Gasteiger partial charge on any atom is 1.00 e. The first-order valence-corrected chi connectivity index (χ1v) is 3.76. The number of carboxylic acid groups (broad SMARTS) is 1. The molecule has 0 saturated heterocycles. The minimum Gasteiger partial charge on any atom is -0.479 e. The maximum absolute atomic E-state index is 9.45. The Balaban J connectivity index is -0.0000000546. The fraction of sp³-hybridized carbons (Fsp3) is 0.750. The van der Waals surface area contributed by atoms with Crippen molar-refractivity contribution in [1.29, 1.82) is 0 Å². The molecule has 0 aromatic heterocycles. The Kier molecular flexibility index (Phi) is 32.9. The van der Waals surface area contributed by atoms with Crippen molar-refractivity contribution in [1.82, 2.24) is 0 Å². The Morgan fingerprint density at radius 1 is 1.54 bits per heavy atom. The van der Waals surface area contributed by atoms with Gasteiger partial charge in [-0.15, -0.1) is 0 Å². The van der Waals surface area contributed by atoms with Gasteiger partial charge in [-0.25, -0.2) is 4.79 Å². The van der Waals surface area contributed by atoms with Crippen LogP contribution in [0.25, 0.3) is 0 Å². The van der Waals surface area contributed by atoms with Crippen molar-refractivity contribution in [3.8, 4) is 0 Å². The molecule has 0 aromatic rings. The number of rotatable bonds is 3. The number of carboxylic acids is 1. The Labute approximate surface area is 105 Å². The van der Waals surface area contributed by atoms with Crippen molar-refractivity contribution in [2.45, 2.75) is 39.2 Å². The molecule has 1 unspecified atom stereocenters. The van der Waals surface area contributed by atoms with Crippen LogP contribution in [0, 0.1) is 6.92 Å². The molecular weight excluding hydrogens is 178 g/mol. The first-order chi connectivity index (χ1) is 5.06. The number of aliphatic carboxylic acids is 1. The molecule has 0 amide bonds. The monoisotopic (exact) mass is 195 g/mol. The predicted molar refractivity (Wildman–Crippen MR) is 50.0 cm³/mol. The number of aliphatic hydroxyl groups is 1. The summed E-state index contributed by atoms with van der Waals surface area (Å²) >= 11 is 0. The summed E-state index contributed by atoms with van der Waals surface area (Å²) in [6.45, 7) is 7.04. The summed E-state index contributed by atoms with van der Waals surface area (Å²) in [4.78, 5) is 9.45. The second-order valence-electron chi connectivity index (χ2n) is 2.22. The Hall–Kier alpha value is 0.495. The molecule has 2 N–H and O–H groups in total.